The predicted octanol–water partition coefficient (Wildman–Crippen LogP) is 4.31. The molecule has 0 atom stereocenters. The fourth-order valence-corrected chi connectivity index (χ4v) is 3.92. The van der Waals surface area contributed by atoms with E-state index >= 15 is 0 Å². The summed E-state index contributed by atoms with van der Waals surface area (Å²) in [6.07, 6.45) is 0. The van der Waals surface area contributed by atoms with Crippen molar-refractivity contribution in [3.63, 3.8) is 0 Å². The van der Waals surface area contributed by atoms with E-state index in [9.17, 15) is 9.59 Å². The second-order valence-electron chi connectivity index (χ2n) is 7.25. The number of carbonyl (C=O) groups is 2. The summed E-state index contributed by atoms with van der Waals surface area (Å²) in [6.45, 7) is 10.1. The zero-order valence-corrected chi connectivity index (χ0v) is 17.4. The van der Waals surface area contributed by atoms with E-state index in [2.05, 4.69) is 36.4 Å². The van der Waals surface area contributed by atoms with E-state index in [0.29, 0.717) is 10.7 Å². The Morgan fingerprint density at radius 3 is 2.54 bits per heavy atom. The molecule has 2 N–H and O–H groups in total. The number of thiazole rings is 1. The van der Waals surface area contributed by atoms with Gasteiger partial charge in [0.2, 0.25) is 5.91 Å². The molecule has 26 heavy (non-hydrogen) atoms. The molecule has 2 amide bonds. The van der Waals surface area contributed by atoms with Crippen LogP contribution in [0.1, 0.15) is 50.7 Å². The van der Waals surface area contributed by atoms with Crippen LogP contribution < -0.4 is 10.6 Å². The topological polar surface area (TPSA) is 71.1 Å². The van der Waals surface area contributed by atoms with Crippen LogP contribution in [0.25, 0.3) is 0 Å². The number of hydrogen-bond donors (Lipinski definition) is 2. The molecule has 0 spiro atoms. The molecule has 0 bridgehead atoms. The molecule has 140 valence electrons. The summed E-state index contributed by atoms with van der Waals surface area (Å²) < 4.78 is 0. The lowest BCUT2D eigenvalue weighted by Gasteiger charge is -2.14. The Labute approximate surface area is 163 Å². The maximum Gasteiger partial charge on any atom is 0.258 e. The van der Waals surface area contributed by atoms with Crippen molar-refractivity contribution >= 4 is 40.0 Å². The van der Waals surface area contributed by atoms with Gasteiger partial charge in [0.15, 0.2) is 5.13 Å². The second-order valence-corrected chi connectivity index (χ2v) is 9.12. The van der Waals surface area contributed by atoms with E-state index in [1.54, 1.807) is 6.07 Å². The van der Waals surface area contributed by atoms with Gasteiger partial charge in [-0.1, -0.05) is 32.9 Å². The SMILES string of the molecule is CC(C)NC(=O)CSc1ccccc1C(=O)Nc1nc(C(C)(C)C)cs1. The minimum absolute atomic E-state index is 0.0463. The molecule has 1 aromatic carbocycles. The van der Waals surface area contributed by atoms with E-state index in [4.69, 9.17) is 0 Å². The molecule has 0 fully saturated rings. The van der Waals surface area contributed by atoms with Gasteiger partial charge >= 0.3 is 0 Å². The third-order valence-corrected chi connectivity index (χ3v) is 5.26. The Morgan fingerprint density at radius 1 is 1.23 bits per heavy atom. The van der Waals surface area contributed by atoms with Crippen LogP contribution >= 0.6 is 23.1 Å². The first-order chi connectivity index (χ1) is 12.2. The first-order valence-corrected chi connectivity index (χ1v) is 10.3. The highest BCUT2D eigenvalue weighted by atomic mass is 32.2. The fourth-order valence-electron chi connectivity index (χ4n) is 2.13. The quantitative estimate of drug-likeness (QED) is 0.720. The first-order valence-electron chi connectivity index (χ1n) is 8.45. The monoisotopic (exact) mass is 391 g/mol. The lowest BCUT2D eigenvalue weighted by molar-refractivity contribution is -0.119. The summed E-state index contributed by atoms with van der Waals surface area (Å²) in [7, 11) is 0. The van der Waals surface area contributed by atoms with E-state index in [1.807, 2.05) is 37.4 Å². The van der Waals surface area contributed by atoms with Crippen molar-refractivity contribution in [2.75, 3.05) is 11.1 Å². The Kier molecular flexibility index (Phi) is 6.83. The summed E-state index contributed by atoms with van der Waals surface area (Å²) in [4.78, 5) is 29.8. The maximum absolute atomic E-state index is 12.7. The van der Waals surface area contributed by atoms with Crippen molar-refractivity contribution in [1.29, 1.82) is 0 Å². The van der Waals surface area contributed by atoms with Crippen LogP contribution in [0.2, 0.25) is 0 Å². The third-order valence-electron chi connectivity index (χ3n) is 3.43. The zero-order chi connectivity index (χ0) is 19.3. The summed E-state index contributed by atoms with van der Waals surface area (Å²) in [5.41, 5.74) is 1.44. The van der Waals surface area contributed by atoms with Gasteiger partial charge in [0.25, 0.3) is 5.91 Å². The molecule has 0 saturated carbocycles. The average Bonchev–Trinajstić information content (AvgIpc) is 3.01. The summed E-state index contributed by atoms with van der Waals surface area (Å²) >= 11 is 2.77. The normalized spacial score (nSPS) is 11.5. The van der Waals surface area contributed by atoms with Crippen molar-refractivity contribution in [3.8, 4) is 0 Å². The first kappa shape index (κ1) is 20.5. The lowest BCUT2D eigenvalue weighted by Crippen LogP contribution is -2.31. The number of carbonyl (C=O) groups excluding carboxylic acids is 2. The van der Waals surface area contributed by atoms with Gasteiger partial charge in [-0.2, -0.15) is 0 Å². The molecular formula is C19H25N3O2S2. The standard InChI is InChI=1S/C19H25N3O2S2/c1-12(2)20-16(23)11-25-14-9-7-6-8-13(14)17(24)22-18-21-15(10-26-18)19(3,4)5/h6-10,12H,11H2,1-5H3,(H,20,23)(H,21,22,24). The highest BCUT2D eigenvalue weighted by Crippen LogP contribution is 2.28. The molecule has 0 aliphatic heterocycles. The molecule has 7 heteroatoms. The number of rotatable bonds is 6. The number of benzene rings is 1. The van der Waals surface area contributed by atoms with Crippen LogP contribution in [0.15, 0.2) is 34.5 Å². The molecule has 0 saturated heterocycles. The van der Waals surface area contributed by atoms with Crippen LogP contribution in [0, 0.1) is 0 Å². The average molecular weight is 392 g/mol. The molecule has 5 nitrogen and oxygen atoms in total. The Morgan fingerprint density at radius 2 is 1.92 bits per heavy atom. The Bertz CT molecular complexity index is 779. The van der Waals surface area contributed by atoms with Crippen molar-refractivity contribution in [1.82, 2.24) is 10.3 Å². The summed E-state index contributed by atoms with van der Waals surface area (Å²) in [5, 5.41) is 8.26. The number of nitrogens with one attached hydrogen (secondary N) is 2. The van der Waals surface area contributed by atoms with Crippen LogP contribution in [0.4, 0.5) is 5.13 Å². The molecule has 0 unspecified atom stereocenters. The summed E-state index contributed by atoms with van der Waals surface area (Å²) in [5.74, 6) is 0.00981. The number of thioether (sulfide) groups is 1. The number of amides is 2. The van der Waals surface area contributed by atoms with Gasteiger partial charge in [0.1, 0.15) is 0 Å². The lowest BCUT2D eigenvalue weighted by atomic mass is 9.93. The Hall–Kier alpha value is -1.86. The molecule has 2 aromatic rings. The molecule has 2 rings (SSSR count). The zero-order valence-electron chi connectivity index (χ0n) is 15.8. The molecule has 1 heterocycles. The maximum atomic E-state index is 12.7. The van der Waals surface area contributed by atoms with Crippen LogP contribution in [0.5, 0.6) is 0 Å². The van der Waals surface area contributed by atoms with Crippen LogP contribution in [-0.4, -0.2) is 28.6 Å². The van der Waals surface area contributed by atoms with Crippen LogP contribution in [-0.2, 0) is 10.2 Å². The third kappa shape index (κ3) is 5.85. The van der Waals surface area contributed by atoms with Gasteiger partial charge in [-0.3, -0.25) is 14.9 Å². The van der Waals surface area contributed by atoms with Crippen molar-refractivity contribution in [3.05, 3.63) is 40.9 Å². The number of hydrogen-bond acceptors (Lipinski definition) is 5. The van der Waals surface area contributed by atoms with Gasteiger partial charge in [0.05, 0.1) is 17.0 Å². The van der Waals surface area contributed by atoms with Gasteiger partial charge in [-0.25, -0.2) is 4.98 Å². The van der Waals surface area contributed by atoms with Crippen molar-refractivity contribution in [2.24, 2.45) is 0 Å². The molecule has 1 aromatic heterocycles. The van der Waals surface area contributed by atoms with Gasteiger partial charge in [0, 0.05) is 21.7 Å². The largest absolute Gasteiger partial charge is 0.353 e. The minimum atomic E-state index is -0.216. The highest BCUT2D eigenvalue weighted by molar-refractivity contribution is 8.00. The number of nitrogens with zero attached hydrogens (tertiary/aromatic N) is 1. The molecule has 0 aliphatic rings. The number of anilines is 1. The van der Waals surface area contributed by atoms with E-state index in [-0.39, 0.29) is 29.0 Å². The van der Waals surface area contributed by atoms with E-state index in [0.717, 1.165) is 10.6 Å². The van der Waals surface area contributed by atoms with E-state index in [1.165, 1.54) is 23.1 Å². The number of aromatic nitrogens is 1. The van der Waals surface area contributed by atoms with Gasteiger partial charge in [-0.05, 0) is 26.0 Å². The molecular weight excluding hydrogens is 366 g/mol. The van der Waals surface area contributed by atoms with Gasteiger partial charge < -0.3 is 5.32 Å². The van der Waals surface area contributed by atoms with E-state index < -0.39 is 0 Å². The van der Waals surface area contributed by atoms with Crippen LogP contribution in [0.3, 0.4) is 0 Å². The Balaban J connectivity index is 2.07. The van der Waals surface area contributed by atoms with Gasteiger partial charge in [-0.15, -0.1) is 23.1 Å². The smallest absolute Gasteiger partial charge is 0.258 e. The van der Waals surface area contributed by atoms with Crippen molar-refractivity contribution in [2.45, 2.75) is 51.0 Å². The van der Waals surface area contributed by atoms with Crippen molar-refractivity contribution < 1.29 is 9.59 Å². The summed E-state index contributed by atoms with van der Waals surface area (Å²) in [6, 6.07) is 7.39. The second kappa shape index (κ2) is 8.68. The minimum Gasteiger partial charge on any atom is -0.353 e. The highest BCUT2D eigenvalue weighted by Gasteiger charge is 2.19. The molecule has 0 radical (unpaired) electrons. The predicted molar refractivity (Wildman–Crippen MR) is 109 cm³/mol. The molecule has 0 aliphatic carbocycles. The fraction of sp³-hybridized carbons (Fsp3) is 0.421.